The van der Waals surface area contributed by atoms with Gasteiger partial charge in [-0.1, -0.05) is 13.3 Å². The van der Waals surface area contributed by atoms with E-state index < -0.39 is 0 Å². The normalized spacial score (nSPS) is 33.2. The maximum absolute atomic E-state index is 5.80. The van der Waals surface area contributed by atoms with Crippen LogP contribution in [0.3, 0.4) is 0 Å². The molecule has 1 atom stereocenters. The molecule has 1 heteroatoms. The van der Waals surface area contributed by atoms with Crippen LogP contribution in [0.2, 0.25) is 0 Å². The third kappa shape index (κ3) is 1.50. The van der Waals surface area contributed by atoms with E-state index in [2.05, 4.69) is 13.0 Å². The molecule has 2 rings (SSSR count). The highest BCUT2D eigenvalue weighted by molar-refractivity contribution is 4.97. The minimum Gasteiger partial charge on any atom is -0.495 e. The Hall–Kier alpha value is -0.460. The molecule has 12 heavy (non-hydrogen) atoms. The molecule has 0 aromatic carbocycles. The van der Waals surface area contributed by atoms with Crippen molar-refractivity contribution in [2.24, 2.45) is 5.92 Å². The van der Waals surface area contributed by atoms with Gasteiger partial charge in [-0.25, -0.2) is 0 Å². The van der Waals surface area contributed by atoms with E-state index in [1.54, 1.807) is 0 Å². The van der Waals surface area contributed by atoms with Crippen molar-refractivity contribution in [1.29, 1.82) is 0 Å². The summed E-state index contributed by atoms with van der Waals surface area (Å²) in [6.45, 7) is 2.29. The summed E-state index contributed by atoms with van der Waals surface area (Å²) in [4.78, 5) is 0. The van der Waals surface area contributed by atoms with Crippen LogP contribution in [0.4, 0.5) is 0 Å². The fraction of sp³-hybridized carbons (Fsp3) is 0.818. The second-order valence-electron chi connectivity index (χ2n) is 4.37. The van der Waals surface area contributed by atoms with E-state index in [4.69, 9.17) is 4.74 Å². The van der Waals surface area contributed by atoms with Gasteiger partial charge in [-0.2, -0.15) is 0 Å². The summed E-state index contributed by atoms with van der Waals surface area (Å²) in [6, 6.07) is 0. The van der Waals surface area contributed by atoms with Gasteiger partial charge in [0.25, 0.3) is 0 Å². The lowest BCUT2D eigenvalue weighted by molar-refractivity contribution is -0.0366. The minimum atomic E-state index is 0.242. The molecule has 0 unspecified atom stereocenters. The highest BCUT2D eigenvalue weighted by Gasteiger charge is 2.35. The summed E-state index contributed by atoms with van der Waals surface area (Å²) in [6.07, 6.45) is 12.0. The van der Waals surface area contributed by atoms with Crippen LogP contribution in [-0.2, 0) is 4.74 Å². The highest BCUT2D eigenvalue weighted by atomic mass is 16.5. The summed E-state index contributed by atoms with van der Waals surface area (Å²) < 4.78 is 5.80. The zero-order valence-electron chi connectivity index (χ0n) is 7.88. The molecule has 1 saturated carbocycles. The molecule has 1 nitrogen and oxygen atoms in total. The zero-order chi connectivity index (χ0) is 8.44. The quantitative estimate of drug-likeness (QED) is 0.536. The van der Waals surface area contributed by atoms with Gasteiger partial charge in [-0.3, -0.25) is 0 Å². The van der Waals surface area contributed by atoms with Crippen molar-refractivity contribution in [3.05, 3.63) is 12.3 Å². The number of ether oxygens (including phenoxy) is 1. The van der Waals surface area contributed by atoms with Crippen LogP contribution < -0.4 is 0 Å². The Morgan fingerprint density at radius 1 is 1.25 bits per heavy atom. The van der Waals surface area contributed by atoms with Gasteiger partial charge in [0.2, 0.25) is 0 Å². The molecule has 0 bridgehead atoms. The molecule has 1 aliphatic carbocycles. The second kappa shape index (κ2) is 3.12. The molecule has 0 N–H and O–H groups in total. The average Bonchev–Trinajstić information content (AvgIpc) is 2.05. The van der Waals surface area contributed by atoms with Crippen LogP contribution in [-0.4, -0.2) is 5.60 Å². The highest BCUT2D eigenvalue weighted by Crippen LogP contribution is 2.39. The first-order chi connectivity index (χ1) is 5.81. The Labute approximate surface area is 74.8 Å². The number of hydrogen-bond donors (Lipinski definition) is 0. The monoisotopic (exact) mass is 166 g/mol. The summed E-state index contributed by atoms with van der Waals surface area (Å²) in [7, 11) is 0. The minimum absolute atomic E-state index is 0.242. The first-order valence-electron chi connectivity index (χ1n) is 5.15. The lowest BCUT2D eigenvalue weighted by Crippen LogP contribution is -2.36. The molecule has 0 radical (unpaired) electrons. The first kappa shape index (κ1) is 8.15. The van der Waals surface area contributed by atoms with Crippen molar-refractivity contribution in [2.75, 3.05) is 0 Å². The van der Waals surface area contributed by atoms with Crippen LogP contribution in [0.1, 0.15) is 45.4 Å². The number of hydrogen-bond acceptors (Lipinski definition) is 1. The molecule has 0 saturated heterocycles. The summed E-state index contributed by atoms with van der Waals surface area (Å²) >= 11 is 0. The van der Waals surface area contributed by atoms with Gasteiger partial charge in [0, 0.05) is 0 Å². The molecule has 0 aromatic rings. The van der Waals surface area contributed by atoms with E-state index in [0.29, 0.717) is 0 Å². The maximum Gasteiger partial charge on any atom is 0.109 e. The van der Waals surface area contributed by atoms with Crippen molar-refractivity contribution in [1.82, 2.24) is 0 Å². The summed E-state index contributed by atoms with van der Waals surface area (Å²) in [5.74, 6) is 0.719. The van der Waals surface area contributed by atoms with E-state index in [-0.39, 0.29) is 5.60 Å². The van der Waals surface area contributed by atoms with Gasteiger partial charge in [0.15, 0.2) is 0 Å². The second-order valence-corrected chi connectivity index (χ2v) is 4.37. The van der Waals surface area contributed by atoms with Crippen LogP contribution in [0.5, 0.6) is 0 Å². The number of rotatable bonds is 0. The Morgan fingerprint density at radius 3 is 2.67 bits per heavy atom. The van der Waals surface area contributed by atoms with Gasteiger partial charge in [0.05, 0.1) is 6.26 Å². The number of allylic oxidation sites excluding steroid dienone is 1. The van der Waals surface area contributed by atoms with Gasteiger partial charge < -0.3 is 4.74 Å². The van der Waals surface area contributed by atoms with E-state index in [1.165, 1.54) is 38.5 Å². The van der Waals surface area contributed by atoms with Crippen molar-refractivity contribution >= 4 is 0 Å². The molecule has 1 fully saturated rings. The third-order valence-electron chi connectivity index (χ3n) is 3.18. The molecular formula is C11H18O. The fourth-order valence-electron chi connectivity index (χ4n) is 2.54. The lowest BCUT2D eigenvalue weighted by atomic mass is 9.78. The molecule has 1 spiro atoms. The largest absolute Gasteiger partial charge is 0.495 e. The SMILES string of the molecule is C[C@H]1C=COC2(CCCCC2)C1. The lowest BCUT2D eigenvalue weighted by Gasteiger charge is -2.40. The third-order valence-corrected chi connectivity index (χ3v) is 3.18. The summed E-state index contributed by atoms with van der Waals surface area (Å²) in [5, 5.41) is 0. The smallest absolute Gasteiger partial charge is 0.109 e. The molecule has 2 aliphatic rings. The van der Waals surface area contributed by atoms with Crippen molar-refractivity contribution in [3.8, 4) is 0 Å². The van der Waals surface area contributed by atoms with Crippen LogP contribution >= 0.6 is 0 Å². The van der Waals surface area contributed by atoms with E-state index in [1.807, 2.05) is 6.26 Å². The molecule has 0 amide bonds. The predicted molar refractivity (Wildman–Crippen MR) is 49.8 cm³/mol. The van der Waals surface area contributed by atoms with Gasteiger partial charge >= 0.3 is 0 Å². The van der Waals surface area contributed by atoms with Gasteiger partial charge in [-0.15, -0.1) is 0 Å². The van der Waals surface area contributed by atoms with Crippen LogP contribution in [0, 0.1) is 5.92 Å². The van der Waals surface area contributed by atoms with Gasteiger partial charge in [-0.05, 0) is 44.1 Å². The molecule has 1 aliphatic heterocycles. The predicted octanol–water partition coefficient (Wildman–Crippen LogP) is 3.26. The fourth-order valence-corrected chi connectivity index (χ4v) is 2.54. The molecule has 0 aromatic heterocycles. The van der Waals surface area contributed by atoms with Crippen molar-refractivity contribution in [2.45, 2.75) is 51.0 Å². The Bertz CT molecular complexity index is 177. The van der Waals surface area contributed by atoms with Crippen molar-refractivity contribution < 1.29 is 4.74 Å². The van der Waals surface area contributed by atoms with Crippen LogP contribution in [0.25, 0.3) is 0 Å². The Morgan fingerprint density at radius 2 is 2.00 bits per heavy atom. The van der Waals surface area contributed by atoms with Crippen molar-refractivity contribution in [3.63, 3.8) is 0 Å². The molecular weight excluding hydrogens is 148 g/mol. The van der Waals surface area contributed by atoms with Crippen LogP contribution in [0.15, 0.2) is 12.3 Å². The standard InChI is InChI=1S/C11H18O/c1-10-5-8-12-11(9-10)6-3-2-4-7-11/h5,8,10H,2-4,6-7,9H2,1H3/t10-/m0/s1. The topological polar surface area (TPSA) is 9.23 Å². The Balaban J connectivity index is 2.04. The van der Waals surface area contributed by atoms with Gasteiger partial charge in [0.1, 0.15) is 5.60 Å². The average molecular weight is 166 g/mol. The zero-order valence-corrected chi connectivity index (χ0v) is 7.88. The Kier molecular flexibility index (Phi) is 2.12. The first-order valence-corrected chi connectivity index (χ1v) is 5.15. The van der Waals surface area contributed by atoms with E-state index in [9.17, 15) is 0 Å². The van der Waals surface area contributed by atoms with E-state index >= 15 is 0 Å². The maximum atomic E-state index is 5.80. The molecule has 1 heterocycles. The summed E-state index contributed by atoms with van der Waals surface area (Å²) in [5.41, 5.74) is 0.242. The van der Waals surface area contributed by atoms with E-state index in [0.717, 1.165) is 5.92 Å². The molecule has 68 valence electrons.